The van der Waals surface area contributed by atoms with E-state index in [2.05, 4.69) is 19.1 Å². The molecule has 1 nitrogen and oxygen atoms in total. The molecule has 0 fully saturated rings. The highest BCUT2D eigenvalue weighted by Gasteiger charge is 1.86. The number of unbranched alkanes of at least 4 members (excludes halogenated alkanes) is 5. The van der Waals surface area contributed by atoms with Gasteiger partial charge >= 0.3 is 0 Å². The Morgan fingerprint density at radius 1 is 1.25 bits per heavy atom. The van der Waals surface area contributed by atoms with Gasteiger partial charge in [0.2, 0.25) is 0 Å². The van der Waals surface area contributed by atoms with Gasteiger partial charge in [-0.3, -0.25) is 0 Å². The highest BCUT2D eigenvalue weighted by Crippen LogP contribution is 2.05. The third-order valence-electron chi connectivity index (χ3n) is 1.73. The van der Waals surface area contributed by atoms with Gasteiger partial charge in [0.1, 0.15) is 0 Å². The average molecular weight is 186 g/mol. The van der Waals surface area contributed by atoms with Crippen LogP contribution in [0.15, 0.2) is 12.2 Å². The van der Waals surface area contributed by atoms with Crippen LogP contribution in [0.5, 0.6) is 0 Å². The summed E-state index contributed by atoms with van der Waals surface area (Å²) in [5, 5.41) is 8.63. The maximum Gasteiger partial charge on any atom is 0.180 e. The van der Waals surface area contributed by atoms with E-state index in [4.69, 9.17) is 5.11 Å². The van der Waals surface area contributed by atoms with Crippen molar-refractivity contribution in [1.82, 2.24) is 0 Å². The summed E-state index contributed by atoms with van der Waals surface area (Å²) in [6.07, 6.45) is 11.0. The van der Waals surface area contributed by atoms with Crippen LogP contribution < -0.4 is 0 Å². The summed E-state index contributed by atoms with van der Waals surface area (Å²) in [4.78, 5) is 0. The molecule has 0 radical (unpaired) electrons. The zero-order chi connectivity index (χ0) is 9.23. The molecule has 12 heavy (non-hydrogen) atoms. The third kappa shape index (κ3) is 9.63. The van der Waals surface area contributed by atoms with E-state index in [-0.39, 0.29) is 5.05 Å². The summed E-state index contributed by atoms with van der Waals surface area (Å²) in [5.74, 6) is 0. The Labute approximate surface area is 80.5 Å². The van der Waals surface area contributed by atoms with E-state index >= 15 is 0 Å². The van der Waals surface area contributed by atoms with Crippen molar-refractivity contribution < 1.29 is 5.11 Å². The molecule has 0 aromatic heterocycles. The molecule has 1 N–H and O–H groups in total. The minimum absolute atomic E-state index is 0.0106. The molecular weight excluding hydrogens is 168 g/mol. The van der Waals surface area contributed by atoms with Gasteiger partial charge in [-0.05, 0) is 31.1 Å². The van der Waals surface area contributed by atoms with Crippen molar-refractivity contribution in [1.29, 1.82) is 0 Å². The van der Waals surface area contributed by atoms with Gasteiger partial charge in [-0.25, -0.2) is 0 Å². The summed E-state index contributed by atoms with van der Waals surface area (Å²) in [7, 11) is 0. The van der Waals surface area contributed by atoms with E-state index in [0.717, 1.165) is 6.42 Å². The van der Waals surface area contributed by atoms with Gasteiger partial charge in [0.25, 0.3) is 0 Å². The number of thiocarbonyl (C=S) groups is 1. The van der Waals surface area contributed by atoms with Crippen molar-refractivity contribution in [2.75, 3.05) is 0 Å². The van der Waals surface area contributed by atoms with Crippen LogP contribution in [0.2, 0.25) is 0 Å². The number of hydrogen-bond acceptors (Lipinski definition) is 1. The van der Waals surface area contributed by atoms with Crippen molar-refractivity contribution in [3.63, 3.8) is 0 Å². The second-order valence-corrected chi connectivity index (χ2v) is 3.36. The molecule has 0 aromatic rings. The SMILES string of the molecule is CCCCCCCC=CC(O)=S. The Morgan fingerprint density at radius 3 is 2.50 bits per heavy atom. The molecule has 0 aliphatic carbocycles. The molecule has 0 spiro atoms. The van der Waals surface area contributed by atoms with Crippen molar-refractivity contribution in [2.24, 2.45) is 0 Å². The Morgan fingerprint density at radius 2 is 1.92 bits per heavy atom. The largest absolute Gasteiger partial charge is 0.499 e. The molecule has 0 aliphatic heterocycles. The average Bonchev–Trinajstić information content (AvgIpc) is 2.02. The van der Waals surface area contributed by atoms with E-state index in [1.165, 1.54) is 32.1 Å². The van der Waals surface area contributed by atoms with E-state index in [1.807, 2.05) is 6.08 Å². The van der Waals surface area contributed by atoms with Crippen molar-refractivity contribution >= 4 is 17.3 Å². The lowest BCUT2D eigenvalue weighted by Gasteiger charge is -1.95. The fraction of sp³-hybridized carbons (Fsp3) is 0.700. The van der Waals surface area contributed by atoms with E-state index < -0.39 is 0 Å². The van der Waals surface area contributed by atoms with Crippen LogP contribution in [0.3, 0.4) is 0 Å². The fourth-order valence-electron chi connectivity index (χ4n) is 1.05. The van der Waals surface area contributed by atoms with Crippen molar-refractivity contribution in [2.45, 2.75) is 45.4 Å². The summed E-state index contributed by atoms with van der Waals surface area (Å²) in [6, 6.07) is 0. The minimum Gasteiger partial charge on any atom is -0.499 e. The molecule has 0 bridgehead atoms. The van der Waals surface area contributed by atoms with Crippen LogP contribution in [0.1, 0.15) is 45.4 Å². The van der Waals surface area contributed by atoms with Crippen LogP contribution in [-0.4, -0.2) is 10.2 Å². The predicted molar refractivity (Wildman–Crippen MR) is 57.7 cm³/mol. The predicted octanol–water partition coefficient (Wildman–Crippen LogP) is 3.79. The number of allylic oxidation sites excluding steroid dienone is 1. The number of rotatable bonds is 7. The highest BCUT2D eigenvalue weighted by molar-refractivity contribution is 7.80. The molecule has 0 rings (SSSR count). The molecule has 0 heterocycles. The third-order valence-corrected chi connectivity index (χ3v) is 1.87. The van der Waals surface area contributed by atoms with Crippen molar-refractivity contribution in [3.05, 3.63) is 12.2 Å². The first kappa shape index (κ1) is 11.6. The maximum atomic E-state index is 8.64. The first-order valence-corrected chi connectivity index (χ1v) is 5.07. The molecule has 0 saturated carbocycles. The Bertz CT molecular complexity index is 141. The summed E-state index contributed by atoms with van der Waals surface area (Å²) < 4.78 is 0. The van der Waals surface area contributed by atoms with Gasteiger partial charge < -0.3 is 5.11 Å². The van der Waals surface area contributed by atoms with Crippen LogP contribution in [0.4, 0.5) is 0 Å². The quantitative estimate of drug-likeness (QED) is 0.371. The highest BCUT2D eigenvalue weighted by atomic mass is 32.1. The molecule has 0 amide bonds. The van der Waals surface area contributed by atoms with Gasteiger partial charge in [-0.2, -0.15) is 0 Å². The number of aliphatic hydroxyl groups is 1. The topological polar surface area (TPSA) is 20.2 Å². The van der Waals surface area contributed by atoms with E-state index in [9.17, 15) is 0 Å². The van der Waals surface area contributed by atoms with Gasteiger partial charge in [0, 0.05) is 0 Å². The normalized spacial score (nSPS) is 10.8. The molecule has 70 valence electrons. The summed E-state index contributed by atoms with van der Waals surface area (Å²) >= 11 is 4.48. The first-order valence-electron chi connectivity index (χ1n) is 4.67. The molecule has 0 unspecified atom stereocenters. The second-order valence-electron chi connectivity index (χ2n) is 2.94. The molecule has 0 saturated heterocycles. The van der Waals surface area contributed by atoms with Gasteiger partial charge in [0.15, 0.2) is 5.05 Å². The number of aliphatic hydroxyl groups excluding tert-OH is 1. The van der Waals surface area contributed by atoms with Crippen molar-refractivity contribution in [3.8, 4) is 0 Å². The van der Waals surface area contributed by atoms with Crippen LogP contribution in [0.25, 0.3) is 0 Å². The molecule has 0 atom stereocenters. The smallest absolute Gasteiger partial charge is 0.180 e. The second kappa shape index (κ2) is 8.72. The van der Waals surface area contributed by atoms with E-state index in [0.29, 0.717) is 0 Å². The van der Waals surface area contributed by atoms with Crippen LogP contribution >= 0.6 is 12.2 Å². The lowest BCUT2D eigenvalue weighted by Crippen LogP contribution is -1.82. The summed E-state index contributed by atoms with van der Waals surface area (Å²) in [5.41, 5.74) is 0. The lowest BCUT2D eigenvalue weighted by molar-refractivity contribution is 0.573. The first-order chi connectivity index (χ1) is 5.77. The maximum absolute atomic E-state index is 8.64. The standard InChI is InChI=1S/C10H18OS/c1-2-3-4-5-6-7-8-9-10(11)12/h8-9H,2-7H2,1H3,(H,11,12). The molecule has 0 aromatic carbocycles. The lowest BCUT2D eigenvalue weighted by atomic mass is 10.1. The Balaban J connectivity index is 3.05. The van der Waals surface area contributed by atoms with Crippen LogP contribution in [0, 0.1) is 0 Å². The monoisotopic (exact) mass is 186 g/mol. The van der Waals surface area contributed by atoms with Gasteiger partial charge in [-0.1, -0.05) is 38.7 Å². The molecule has 2 heteroatoms. The Kier molecular flexibility index (Phi) is 8.46. The fourth-order valence-corrected chi connectivity index (χ4v) is 1.15. The van der Waals surface area contributed by atoms with E-state index in [1.54, 1.807) is 6.08 Å². The Hall–Kier alpha value is -0.370. The number of hydrogen-bond donors (Lipinski definition) is 1. The minimum atomic E-state index is -0.0106. The molecule has 0 aliphatic rings. The van der Waals surface area contributed by atoms with Gasteiger partial charge in [-0.15, -0.1) is 0 Å². The summed E-state index contributed by atoms with van der Waals surface area (Å²) in [6.45, 7) is 2.21. The van der Waals surface area contributed by atoms with Crippen LogP contribution in [-0.2, 0) is 0 Å². The van der Waals surface area contributed by atoms with Gasteiger partial charge in [0.05, 0.1) is 0 Å². The zero-order valence-corrected chi connectivity index (χ0v) is 8.57. The zero-order valence-electron chi connectivity index (χ0n) is 7.75. The molecular formula is C10H18OS.